The highest BCUT2D eigenvalue weighted by atomic mass is 32.2. The molecule has 4 aromatic rings. The summed E-state index contributed by atoms with van der Waals surface area (Å²) in [6.45, 7) is 3.96. The van der Waals surface area contributed by atoms with E-state index in [0.29, 0.717) is 23.9 Å². The van der Waals surface area contributed by atoms with Gasteiger partial charge in [-0.1, -0.05) is 47.3 Å². The van der Waals surface area contributed by atoms with Gasteiger partial charge in [0.25, 0.3) is 0 Å². The number of nitrogens with one attached hydrogen (secondary N) is 2. The molecule has 0 spiro atoms. The van der Waals surface area contributed by atoms with Crippen LogP contribution < -0.4 is 5.32 Å². The second-order valence-electron chi connectivity index (χ2n) is 6.77. The number of hydrogen-bond donors (Lipinski definition) is 2. The van der Waals surface area contributed by atoms with Gasteiger partial charge in [-0.3, -0.25) is 4.79 Å². The fourth-order valence-corrected chi connectivity index (χ4v) is 3.74. The zero-order valence-electron chi connectivity index (χ0n) is 16.2. The Morgan fingerprint density at radius 2 is 1.90 bits per heavy atom. The van der Waals surface area contributed by atoms with Crippen LogP contribution in [0.2, 0.25) is 0 Å². The van der Waals surface area contributed by atoms with Crippen molar-refractivity contribution in [3.05, 3.63) is 65.3 Å². The number of aromatic nitrogens is 4. The van der Waals surface area contributed by atoms with Crippen LogP contribution in [0.25, 0.3) is 11.0 Å². The number of aromatic amines is 1. The van der Waals surface area contributed by atoms with Gasteiger partial charge in [-0.05, 0) is 37.1 Å². The number of anilines is 1. The molecular formula is C21H21N5O2S. The summed E-state index contributed by atoms with van der Waals surface area (Å²) < 4.78 is 5.28. The standard InChI is InChI=1S/C21H21N5O2S/c1-13-6-5-7-14(2)20(13)25-18(27)10-11-19-24-17(26-28-19)12-29-21-22-15-8-3-4-9-16(15)23-21/h3-9H,10-12H2,1-2H3,(H,22,23)(H,25,27). The SMILES string of the molecule is Cc1cccc(C)c1NC(=O)CCc1nc(CSc2nc3ccccc3[nH]2)no1. The van der Waals surface area contributed by atoms with Crippen molar-refractivity contribution in [1.82, 2.24) is 20.1 Å². The number of carbonyl (C=O) groups excluding carboxylic acids is 1. The molecule has 148 valence electrons. The maximum Gasteiger partial charge on any atom is 0.227 e. The van der Waals surface area contributed by atoms with Crippen molar-refractivity contribution >= 4 is 34.4 Å². The normalized spacial score (nSPS) is 11.1. The van der Waals surface area contributed by atoms with Gasteiger partial charge in [-0.25, -0.2) is 4.98 Å². The summed E-state index contributed by atoms with van der Waals surface area (Å²) >= 11 is 1.51. The molecule has 2 heterocycles. The van der Waals surface area contributed by atoms with Gasteiger partial charge in [0.15, 0.2) is 11.0 Å². The summed E-state index contributed by atoms with van der Waals surface area (Å²) in [5, 5.41) is 7.78. The number of benzene rings is 2. The molecule has 4 rings (SSSR count). The average molecular weight is 407 g/mol. The number of para-hydroxylation sites is 3. The highest BCUT2D eigenvalue weighted by molar-refractivity contribution is 7.98. The van der Waals surface area contributed by atoms with Crippen molar-refractivity contribution in [3.63, 3.8) is 0 Å². The van der Waals surface area contributed by atoms with E-state index >= 15 is 0 Å². The predicted octanol–water partition coefficient (Wildman–Crippen LogP) is 4.43. The molecule has 29 heavy (non-hydrogen) atoms. The van der Waals surface area contributed by atoms with Gasteiger partial charge >= 0.3 is 0 Å². The largest absolute Gasteiger partial charge is 0.339 e. The monoisotopic (exact) mass is 407 g/mol. The molecular weight excluding hydrogens is 386 g/mol. The number of nitrogens with zero attached hydrogens (tertiary/aromatic N) is 3. The lowest BCUT2D eigenvalue weighted by Gasteiger charge is -2.10. The summed E-state index contributed by atoms with van der Waals surface area (Å²) in [5.41, 5.74) is 4.88. The molecule has 2 N–H and O–H groups in total. The van der Waals surface area contributed by atoms with Crippen LogP contribution in [-0.2, 0) is 17.0 Å². The summed E-state index contributed by atoms with van der Waals surface area (Å²) in [4.78, 5) is 24.4. The maximum absolute atomic E-state index is 12.3. The smallest absolute Gasteiger partial charge is 0.227 e. The van der Waals surface area contributed by atoms with E-state index in [1.807, 2.05) is 56.3 Å². The van der Waals surface area contributed by atoms with Gasteiger partial charge in [-0.15, -0.1) is 0 Å². The van der Waals surface area contributed by atoms with Gasteiger partial charge in [0.2, 0.25) is 11.8 Å². The number of H-pyrrole nitrogens is 1. The van der Waals surface area contributed by atoms with Crippen LogP contribution in [0.1, 0.15) is 29.3 Å². The Morgan fingerprint density at radius 1 is 1.10 bits per heavy atom. The van der Waals surface area contributed by atoms with E-state index in [1.54, 1.807) is 0 Å². The third-order valence-corrected chi connectivity index (χ3v) is 5.40. The van der Waals surface area contributed by atoms with E-state index in [-0.39, 0.29) is 12.3 Å². The first-order valence-electron chi connectivity index (χ1n) is 9.33. The third-order valence-electron chi connectivity index (χ3n) is 4.53. The maximum atomic E-state index is 12.3. The first kappa shape index (κ1) is 19.2. The second-order valence-corrected chi connectivity index (χ2v) is 7.73. The minimum atomic E-state index is -0.0706. The van der Waals surface area contributed by atoms with Gasteiger partial charge < -0.3 is 14.8 Å². The second kappa shape index (κ2) is 8.48. The quantitative estimate of drug-likeness (QED) is 0.440. The number of aryl methyl sites for hydroxylation is 3. The van der Waals surface area contributed by atoms with Crippen LogP contribution in [0, 0.1) is 13.8 Å². The molecule has 7 nitrogen and oxygen atoms in total. The Bertz CT molecular complexity index is 1100. The molecule has 2 aromatic heterocycles. The molecule has 2 aromatic carbocycles. The molecule has 0 aliphatic rings. The van der Waals surface area contributed by atoms with Gasteiger partial charge in [0, 0.05) is 18.5 Å². The van der Waals surface area contributed by atoms with Crippen LogP contribution in [0.3, 0.4) is 0 Å². The fourth-order valence-electron chi connectivity index (χ4n) is 3.01. The van der Waals surface area contributed by atoms with E-state index in [0.717, 1.165) is 33.0 Å². The molecule has 0 saturated heterocycles. The number of fused-ring (bicyclic) bond motifs is 1. The molecule has 0 atom stereocenters. The summed E-state index contributed by atoms with van der Waals surface area (Å²) in [6, 6.07) is 13.8. The number of thioether (sulfide) groups is 1. The zero-order valence-corrected chi connectivity index (χ0v) is 17.0. The summed E-state index contributed by atoms with van der Waals surface area (Å²) in [6.07, 6.45) is 0.686. The third kappa shape index (κ3) is 4.65. The molecule has 0 saturated carbocycles. The Morgan fingerprint density at radius 3 is 2.69 bits per heavy atom. The molecule has 0 unspecified atom stereocenters. The Balaban J connectivity index is 1.29. The van der Waals surface area contributed by atoms with Crippen molar-refractivity contribution in [2.24, 2.45) is 0 Å². The molecule has 0 bridgehead atoms. The van der Waals surface area contributed by atoms with Crippen molar-refractivity contribution in [3.8, 4) is 0 Å². The molecule has 0 radical (unpaired) electrons. The van der Waals surface area contributed by atoms with Crippen molar-refractivity contribution < 1.29 is 9.32 Å². The van der Waals surface area contributed by atoms with Gasteiger partial charge in [0.1, 0.15) is 0 Å². The van der Waals surface area contributed by atoms with E-state index in [2.05, 4.69) is 25.4 Å². The molecule has 0 fully saturated rings. The Hall–Kier alpha value is -3.13. The highest BCUT2D eigenvalue weighted by Gasteiger charge is 2.12. The van der Waals surface area contributed by atoms with Crippen LogP contribution in [0.5, 0.6) is 0 Å². The lowest BCUT2D eigenvalue weighted by atomic mass is 10.1. The molecule has 1 amide bonds. The van der Waals surface area contributed by atoms with Crippen molar-refractivity contribution in [1.29, 1.82) is 0 Å². The summed E-state index contributed by atoms with van der Waals surface area (Å²) in [7, 11) is 0. The lowest BCUT2D eigenvalue weighted by molar-refractivity contribution is -0.116. The van der Waals surface area contributed by atoms with Crippen LogP contribution in [0.4, 0.5) is 5.69 Å². The first-order chi connectivity index (χ1) is 14.1. The van der Waals surface area contributed by atoms with Crippen LogP contribution >= 0.6 is 11.8 Å². The Kier molecular flexibility index (Phi) is 5.62. The van der Waals surface area contributed by atoms with E-state index < -0.39 is 0 Å². The number of hydrogen-bond acceptors (Lipinski definition) is 6. The zero-order chi connectivity index (χ0) is 20.2. The predicted molar refractivity (Wildman–Crippen MR) is 113 cm³/mol. The van der Waals surface area contributed by atoms with E-state index in [1.165, 1.54) is 11.8 Å². The fraction of sp³-hybridized carbons (Fsp3) is 0.238. The van der Waals surface area contributed by atoms with Crippen LogP contribution in [-0.4, -0.2) is 26.0 Å². The average Bonchev–Trinajstić information content (AvgIpc) is 3.34. The molecule has 0 aliphatic heterocycles. The Labute approximate surface area is 172 Å². The molecule has 0 aliphatic carbocycles. The van der Waals surface area contributed by atoms with Gasteiger partial charge in [0.05, 0.1) is 16.8 Å². The molecule has 8 heteroatoms. The number of imidazole rings is 1. The number of rotatable bonds is 7. The van der Waals surface area contributed by atoms with Crippen molar-refractivity contribution in [2.45, 2.75) is 37.6 Å². The van der Waals surface area contributed by atoms with Gasteiger partial charge in [-0.2, -0.15) is 4.98 Å². The highest BCUT2D eigenvalue weighted by Crippen LogP contribution is 2.22. The topological polar surface area (TPSA) is 96.7 Å². The van der Waals surface area contributed by atoms with E-state index in [4.69, 9.17) is 4.52 Å². The number of amides is 1. The van der Waals surface area contributed by atoms with E-state index in [9.17, 15) is 4.79 Å². The minimum Gasteiger partial charge on any atom is -0.339 e. The number of carbonyl (C=O) groups is 1. The first-order valence-corrected chi connectivity index (χ1v) is 10.3. The minimum absolute atomic E-state index is 0.0706. The summed E-state index contributed by atoms with van der Waals surface area (Å²) in [5.74, 6) is 1.51. The van der Waals surface area contributed by atoms with Crippen LogP contribution in [0.15, 0.2) is 52.1 Å². The lowest BCUT2D eigenvalue weighted by Crippen LogP contribution is -2.14. The van der Waals surface area contributed by atoms with Crippen molar-refractivity contribution in [2.75, 3.05) is 5.32 Å².